The van der Waals surface area contributed by atoms with Gasteiger partial charge in [0.25, 0.3) is 0 Å². The Morgan fingerprint density at radius 1 is 1.13 bits per heavy atom. The first-order valence-electron chi connectivity index (χ1n) is 9.19. The quantitative estimate of drug-likeness (QED) is 0.646. The van der Waals surface area contributed by atoms with E-state index in [0.717, 1.165) is 22.4 Å². The lowest BCUT2D eigenvalue weighted by Gasteiger charge is -2.17. The van der Waals surface area contributed by atoms with Crippen LogP contribution < -0.4 is 15.8 Å². The number of fused-ring (bicyclic) bond motifs is 1. The first-order chi connectivity index (χ1) is 14.3. The Balaban J connectivity index is 1.41. The van der Waals surface area contributed by atoms with Gasteiger partial charge in [-0.15, -0.1) is 0 Å². The molecule has 2 heterocycles. The van der Waals surface area contributed by atoms with Crippen molar-refractivity contribution in [1.82, 2.24) is 10.9 Å². The molecule has 0 radical (unpaired) electrons. The zero-order valence-corrected chi connectivity index (χ0v) is 15.9. The lowest BCUT2D eigenvalue weighted by Crippen LogP contribution is -2.45. The second-order valence-corrected chi connectivity index (χ2v) is 7.00. The molecule has 0 saturated carbocycles. The monoisotopic (exact) mass is 413 g/mol. The Morgan fingerprint density at radius 3 is 2.63 bits per heavy atom. The van der Waals surface area contributed by atoms with Gasteiger partial charge in [0.2, 0.25) is 11.8 Å². The number of nitrogens with one attached hydrogen (secondary N) is 2. The molecular formula is C21H17F2N3O4. The molecule has 2 N–H and O–H groups in total. The fourth-order valence-electron chi connectivity index (χ4n) is 3.48. The van der Waals surface area contributed by atoms with Gasteiger partial charge in [-0.1, -0.05) is 18.2 Å². The van der Waals surface area contributed by atoms with Gasteiger partial charge in [0, 0.05) is 30.0 Å². The number of halogens is 2. The Labute approximate surface area is 169 Å². The Kier molecular flexibility index (Phi) is 4.94. The van der Waals surface area contributed by atoms with Crippen LogP contribution in [0.5, 0.6) is 0 Å². The highest BCUT2D eigenvalue weighted by Crippen LogP contribution is 2.28. The number of anilines is 1. The number of hydrogen-bond acceptors (Lipinski definition) is 4. The van der Waals surface area contributed by atoms with Crippen LogP contribution in [0.3, 0.4) is 0 Å². The highest BCUT2D eigenvalue weighted by molar-refractivity contribution is 6.02. The standard InChI is InChI=1S/C21H17F2N3O4/c1-11-14-4-2-3-5-17(14)30-19(11)21(29)25-24-20(28)12-8-18(27)26(10-12)16-7-6-13(22)9-15(16)23/h2-7,9,12H,8,10H2,1H3,(H,24,28)(H,25,29). The van der Waals surface area contributed by atoms with Crippen molar-refractivity contribution < 1.29 is 27.6 Å². The van der Waals surface area contributed by atoms with Crippen molar-refractivity contribution in [3.8, 4) is 0 Å². The van der Waals surface area contributed by atoms with E-state index < -0.39 is 35.3 Å². The summed E-state index contributed by atoms with van der Waals surface area (Å²) in [6, 6.07) is 10.0. The van der Waals surface area contributed by atoms with Gasteiger partial charge >= 0.3 is 5.91 Å². The van der Waals surface area contributed by atoms with Crippen LogP contribution in [-0.2, 0) is 9.59 Å². The maximum absolute atomic E-state index is 14.0. The molecule has 1 fully saturated rings. The molecule has 1 aromatic heterocycles. The van der Waals surface area contributed by atoms with Gasteiger partial charge in [0.15, 0.2) is 5.76 Å². The highest BCUT2D eigenvalue weighted by atomic mass is 19.1. The summed E-state index contributed by atoms with van der Waals surface area (Å²) in [5, 5.41) is 0.785. The number of rotatable bonds is 3. The summed E-state index contributed by atoms with van der Waals surface area (Å²) >= 11 is 0. The van der Waals surface area contributed by atoms with Crippen LogP contribution in [0.25, 0.3) is 11.0 Å². The summed E-state index contributed by atoms with van der Waals surface area (Å²) in [5.74, 6) is -4.11. The third-order valence-corrected chi connectivity index (χ3v) is 5.05. The van der Waals surface area contributed by atoms with E-state index in [4.69, 9.17) is 4.42 Å². The number of nitrogens with zero attached hydrogens (tertiary/aromatic N) is 1. The number of aryl methyl sites for hydroxylation is 1. The molecule has 3 amide bonds. The van der Waals surface area contributed by atoms with Gasteiger partial charge in [0.05, 0.1) is 11.6 Å². The first-order valence-corrected chi connectivity index (χ1v) is 9.19. The van der Waals surface area contributed by atoms with Crippen LogP contribution >= 0.6 is 0 Å². The number of hydrazine groups is 1. The molecule has 2 aromatic carbocycles. The molecule has 1 saturated heterocycles. The maximum atomic E-state index is 14.0. The van der Waals surface area contributed by atoms with Crippen molar-refractivity contribution in [3.05, 3.63) is 65.4 Å². The minimum Gasteiger partial charge on any atom is -0.451 e. The van der Waals surface area contributed by atoms with Crippen LogP contribution in [0.1, 0.15) is 22.5 Å². The van der Waals surface area contributed by atoms with E-state index in [1.165, 1.54) is 0 Å². The number of carbonyl (C=O) groups is 3. The minimum atomic E-state index is -0.891. The molecule has 9 heteroatoms. The summed E-state index contributed by atoms with van der Waals surface area (Å²) < 4.78 is 32.6. The van der Waals surface area contributed by atoms with Crippen LogP contribution in [0, 0.1) is 24.5 Å². The fourth-order valence-corrected chi connectivity index (χ4v) is 3.48. The summed E-state index contributed by atoms with van der Waals surface area (Å²) in [4.78, 5) is 38.1. The van der Waals surface area contributed by atoms with E-state index in [2.05, 4.69) is 10.9 Å². The summed E-state index contributed by atoms with van der Waals surface area (Å²) in [7, 11) is 0. The molecular weight excluding hydrogens is 396 g/mol. The predicted octanol–water partition coefficient (Wildman–Crippen LogP) is 2.83. The molecule has 1 aliphatic rings. The Hall–Kier alpha value is -3.75. The van der Waals surface area contributed by atoms with E-state index in [-0.39, 0.29) is 24.4 Å². The van der Waals surface area contributed by atoms with Gasteiger partial charge in [-0.3, -0.25) is 25.2 Å². The van der Waals surface area contributed by atoms with E-state index in [9.17, 15) is 23.2 Å². The average Bonchev–Trinajstić information content (AvgIpc) is 3.27. The van der Waals surface area contributed by atoms with E-state index in [0.29, 0.717) is 17.2 Å². The summed E-state index contributed by atoms with van der Waals surface area (Å²) in [6.07, 6.45) is -0.164. The van der Waals surface area contributed by atoms with Gasteiger partial charge in [-0.05, 0) is 25.1 Å². The Bertz CT molecular complexity index is 1170. The zero-order chi connectivity index (χ0) is 21.4. The van der Waals surface area contributed by atoms with Gasteiger partial charge in [-0.2, -0.15) is 0 Å². The van der Waals surface area contributed by atoms with Gasteiger partial charge in [0.1, 0.15) is 17.2 Å². The van der Waals surface area contributed by atoms with Crippen molar-refractivity contribution in [2.24, 2.45) is 5.92 Å². The first kappa shape index (κ1) is 19.6. The molecule has 4 rings (SSSR count). The molecule has 0 spiro atoms. The van der Waals surface area contributed by atoms with E-state index in [1.54, 1.807) is 19.1 Å². The lowest BCUT2D eigenvalue weighted by atomic mass is 10.1. The van der Waals surface area contributed by atoms with Crippen molar-refractivity contribution in [3.63, 3.8) is 0 Å². The van der Waals surface area contributed by atoms with Crippen LogP contribution in [0.15, 0.2) is 46.9 Å². The zero-order valence-electron chi connectivity index (χ0n) is 15.9. The number of para-hydroxylation sites is 1. The topological polar surface area (TPSA) is 91.7 Å². The number of furan rings is 1. The largest absolute Gasteiger partial charge is 0.451 e. The molecule has 7 nitrogen and oxygen atoms in total. The maximum Gasteiger partial charge on any atom is 0.305 e. The SMILES string of the molecule is Cc1c(C(=O)NNC(=O)C2CC(=O)N(c3ccc(F)cc3F)C2)oc2ccccc12. The molecule has 154 valence electrons. The van der Waals surface area contributed by atoms with Crippen LogP contribution in [0.4, 0.5) is 14.5 Å². The third kappa shape index (κ3) is 3.49. The van der Waals surface area contributed by atoms with Crippen molar-refractivity contribution >= 4 is 34.4 Å². The number of hydrogen-bond donors (Lipinski definition) is 2. The second kappa shape index (κ2) is 7.58. The number of benzene rings is 2. The molecule has 0 bridgehead atoms. The highest BCUT2D eigenvalue weighted by Gasteiger charge is 2.36. The summed E-state index contributed by atoms with van der Waals surface area (Å²) in [5.41, 5.74) is 5.64. The molecule has 3 aromatic rings. The van der Waals surface area contributed by atoms with E-state index in [1.807, 2.05) is 12.1 Å². The minimum absolute atomic E-state index is 0.0639. The molecule has 1 unspecified atom stereocenters. The number of carbonyl (C=O) groups excluding carboxylic acids is 3. The Morgan fingerprint density at radius 2 is 1.90 bits per heavy atom. The molecule has 0 aliphatic carbocycles. The van der Waals surface area contributed by atoms with Crippen LogP contribution in [-0.4, -0.2) is 24.3 Å². The predicted molar refractivity (Wildman–Crippen MR) is 103 cm³/mol. The normalized spacial score (nSPS) is 16.2. The van der Waals surface area contributed by atoms with Crippen molar-refractivity contribution in [2.45, 2.75) is 13.3 Å². The molecule has 30 heavy (non-hydrogen) atoms. The average molecular weight is 413 g/mol. The van der Waals surface area contributed by atoms with Crippen molar-refractivity contribution in [2.75, 3.05) is 11.4 Å². The van der Waals surface area contributed by atoms with Crippen molar-refractivity contribution in [1.29, 1.82) is 0 Å². The molecule has 1 aliphatic heterocycles. The van der Waals surface area contributed by atoms with E-state index >= 15 is 0 Å². The van der Waals surface area contributed by atoms with Crippen LogP contribution in [0.2, 0.25) is 0 Å². The molecule has 1 atom stereocenters. The smallest absolute Gasteiger partial charge is 0.305 e. The third-order valence-electron chi connectivity index (χ3n) is 5.05. The number of amides is 3. The van der Waals surface area contributed by atoms with Gasteiger partial charge < -0.3 is 9.32 Å². The summed E-state index contributed by atoms with van der Waals surface area (Å²) in [6.45, 7) is 1.64. The lowest BCUT2D eigenvalue weighted by molar-refractivity contribution is -0.126. The fraction of sp³-hybridized carbons (Fsp3) is 0.190. The van der Waals surface area contributed by atoms with Gasteiger partial charge in [-0.25, -0.2) is 8.78 Å². The second-order valence-electron chi connectivity index (χ2n) is 7.00.